The van der Waals surface area contributed by atoms with Gasteiger partial charge in [0, 0.05) is 12.1 Å². The van der Waals surface area contributed by atoms with Crippen LogP contribution in [0.4, 0.5) is 5.69 Å². The van der Waals surface area contributed by atoms with Crippen molar-refractivity contribution in [1.82, 2.24) is 0 Å². The summed E-state index contributed by atoms with van der Waals surface area (Å²) in [6.07, 6.45) is 0. The molecule has 0 aromatic heterocycles. The molecule has 1 aromatic rings. The van der Waals surface area contributed by atoms with Crippen molar-refractivity contribution in [3.05, 3.63) is 23.3 Å². The summed E-state index contributed by atoms with van der Waals surface area (Å²) < 4.78 is 31.3. The van der Waals surface area contributed by atoms with Crippen molar-refractivity contribution >= 4 is 13.3 Å². The first-order chi connectivity index (χ1) is 13.3. The molecular formula is C22H35N2O4P. The van der Waals surface area contributed by atoms with Gasteiger partial charge >= 0.3 is 13.1 Å². The minimum absolute atomic E-state index is 0.101. The Hall–Kier alpha value is -1.54. The van der Waals surface area contributed by atoms with E-state index in [1.165, 1.54) is 0 Å². The predicted molar refractivity (Wildman–Crippen MR) is 117 cm³/mol. The Morgan fingerprint density at radius 3 is 2.00 bits per heavy atom. The van der Waals surface area contributed by atoms with Gasteiger partial charge in [0.2, 0.25) is 0 Å². The Labute approximate surface area is 175 Å². The molecule has 0 fully saturated rings. The van der Waals surface area contributed by atoms with Crippen LogP contribution in [-0.4, -0.2) is 25.2 Å². The van der Waals surface area contributed by atoms with Crippen LogP contribution in [0, 0.1) is 11.3 Å². The number of ether oxygens (including phenoxy) is 1. The molecule has 1 aliphatic heterocycles. The summed E-state index contributed by atoms with van der Waals surface area (Å²) in [6, 6.07) is 6.33. The molecule has 0 radical (unpaired) electrons. The summed E-state index contributed by atoms with van der Waals surface area (Å²) in [6.45, 7) is 18.8. The van der Waals surface area contributed by atoms with E-state index in [9.17, 15) is 9.83 Å². The third-order valence-electron chi connectivity index (χ3n) is 5.08. The van der Waals surface area contributed by atoms with E-state index in [0.29, 0.717) is 12.3 Å². The van der Waals surface area contributed by atoms with Gasteiger partial charge in [-0.3, -0.25) is 4.57 Å². The zero-order valence-corrected chi connectivity index (χ0v) is 20.1. The van der Waals surface area contributed by atoms with Gasteiger partial charge in [-0.1, -0.05) is 47.6 Å². The third kappa shape index (κ3) is 3.93. The summed E-state index contributed by atoms with van der Waals surface area (Å²) in [4.78, 5) is 1.74. The molecule has 0 bridgehead atoms. The maximum Gasteiger partial charge on any atom is 0.411 e. The first-order valence-corrected chi connectivity index (χ1v) is 11.8. The summed E-state index contributed by atoms with van der Waals surface area (Å²) in [5.41, 5.74) is 0.653. The highest BCUT2D eigenvalue weighted by Crippen LogP contribution is 2.66. The lowest BCUT2D eigenvalue weighted by molar-refractivity contribution is 0.135. The van der Waals surface area contributed by atoms with Gasteiger partial charge in [-0.15, -0.1) is 0 Å². The number of fused-ring (bicyclic) bond motifs is 1. The highest BCUT2D eigenvalue weighted by molar-refractivity contribution is 7.56. The maximum absolute atomic E-state index is 13.8. The largest absolute Gasteiger partial charge is 0.442 e. The van der Waals surface area contributed by atoms with Crippen molar-refractivity contribution in [3.63, 3.8) is 0 Å². The SMILES string of the molecule is CCOP(=O)(OCC)C1(C#N)Oc2c(cc(C(C)(C)C)cc2C(C)(C)C)N1CC. The van der Waals surface area contributed by atoms with Gasteiger partial charge in [-0.25, -0.2) is 0 Å². The number of anilines is 1. The predicted octanol–water partition coefficient (Wildman–Crippen LogP) is 5.94. The van der Waals surface area contributed by atoms with Crippen LogP contribution in [0.1, 0.15) is 73.4 Å². The second-order valence-electron chi connectivity index (χ2n) is 9.27. The standard InChI is InChI=1S/C22H35N2O4P/c1-10-24-18-14-16(20(4,5)6)13-17(21(7,8)9)19(18)28-22(24,15-23)29(25,26-11-2)27-12-3/h13-14H,10-12H2,1-9H3. The average Bonchev–Trinajstić information content (AvgIpc) is 2.94. The van der Waals surface area contributed by atoms with Gasteiger partial charge in [-0.05, 0) is 43.2 Å². The maximum atomic E-state index is 13.8. The molecule has 1 atom stereocenters. The lowest BCUT2D eigenvalue weighted by Gasteiger charge is -2.35. The monoisotopic (exact) mass is 422 g/mol. The van der Waals surface area contributed by atoms with Crippen molar-refractivity contribution in [2.75, 3.05) is 24.7 Å². The van der Waals surface area contributed by atoms with Gasteiger partial charge in [0.25, 0.3) is 0 Å². The molecule has 0 saturated carbocycles. The second-order valence-corrected chi connectivity index (χ2v) is 11.4. The van der Waals surface area contributed by atoms with E-state index in [2.05, 4.69) is 53.7 Å². The van der Waals surface area contributed by atoms with Gasteiger partial charge in [0.15, 0.2) is 5.75 Å². The molecular weight excluding hydrogens is 387 g/mol. The van der Waals surface area contributed by atoms with Crippen LogP contribution in [0.25, 0.3) is 0 Å². The van der Waals surface area contributed by atoms with Crippen molar-refractivity contribution < 1.29 is 18.3 Å². The van der Waals surface area contributed by atoms with Crippen molar-refractivity contribution in [1.29, 1.82) is 5.26 Å². The Bertz CT molecular complexity index is 838. The van der Waals surface area contributed by atoms with E-state index in [1.807, 2.05) is 13.0 Å². The molecule has 1 unspecified atom stereocenters. The number of benzene rings is 1. The zero-order chi connectivity index (χ0) is 22.3. The van der Waals surface area contributed by atoms with E-state index in [-0.39, 0.29) is 24.0 Å². The first kappa shape index (κ1) is 23.7. The number of hydrogen-bond acceptors (Lipinski definition) is 6. The molecule has 6 nitrogen and oxygen atoms in total. The molecule has 0 N–H and O–H groups in total. The van der Waals surface area contributed by atoms with Crippen molar-refractivity contribution in [2.24, 2.45) is 0 Å². The fourth-order valence-corrected chi connectivity index (χ4v) is 5.53. The Morgan fingerprint density at radius 1 is 1.07 bits per heavy atom. The third-order valence-corrected chi connectivity index (χ3v) is 7.45. The van der Waals surface area contributed by atoms with E-state index in [4.69, 9.17) is 13.8 Å². The molecule has 1 aliphatic rings. The smallest absolute Gasteiger partial charge is 0.411 e. The molecule has 0 spiro atoms. The van der Waals surface area contributed by atoms with Crippen LogP contribution in [0.3, 0.4) is 0 Å². The molecule has 162 valence electrons. The fraction of sp³-hybridized carbons (Fsp3) is 0.682. The molecule has 0 amide bonds. The summed E-state index contributed by atoms with van der Waals surface area (Å²) in [7, 11) is -3.94. The molecule has 0 aliphatic carbocycles. The summed E-state index contributed by atoms with van der Waals surface area (Å²) >= 11 is 0. The topological polar surface area (TPSA) is 71.8 Å². The van der Waals surface area contributed by atoms with Crippen molar-refractivity contribution in [2.45, 2.75) is 78.6 Å². The van der Waals surface area contributed by atoms with E-state index in [1.54, 1.807) is 18.7 Å². The van der Waals surface area contributed by atoms with Crippen molar-refractivity contribution in [3.8, 4) is 11.8 Å². The van der Waals surface area contributed by atoms with E-state index < -0.39 is 13.1 Å². The minimum atomic E-state index is -3.94. The lowest BCUT2D eigenvalue weighted by Crippen LogP contribution is -2.49. The lowest BCUT2D eigenvalue weighted by atomic mass is 9.79. The van der Waals surface area contributed by atoms with Crippen LogP contribution in [0.2, 0.25) is 0 Å². The van der Waals surface area contributed by atoms with Crippen LogP contribution in [0.15, 0.2) is 12.1 Å². The Morgan fingerprint density at radius 2 is 1.62 bits per heavy atom. The molecule has 29 heavy (non-hydrogen) atoms. The number of hydrogen-bond donors (Lipinski definition) is 0. The van der Waals surface area contributed by atoms with Crippen LogP contribution in [0.5, 0.6) is 5.75 Å². The number of nitrogens with zero attached hydrogens (tertiary/aromatic N) is 2. The molecule has 1 aromatic carbocycles. The number of nitriles is 1. The normalized spacial score (nSPS) is 19.7. The van der Waals surface area contributed by atoms with Gasteiger partial charge in [-0.2, -0.15) is 5.26 Å². The zero-order valence-electron chi connectivity index (χ0n) is 19.3. The molecule has 2 rings (SSSR count). The quantitative estimate of drug-likeness (QED) is 0.528. The van der Waals surface area contributed by atoms with Crippen LogP contribution >= 0.6 is 7.60 Å². The number of rotatable bonds is 6. The molecule has 7 heteroatoms. The fourth-order valence-electron chi connectivity index (χ4n) is 3.56. The Balaban J connectivity index is 2.85. The van der Waals surface area contributed by atoms with E-state index in [0.717, 1.165) is 16.8 Å². The minimum Gasteiger partial charge on any atom is -0.442 e. The van der Waals surface area contributed by atoms with Crippen LogP contribution < -0.4 is 9.64 Å². The summed E-state index contributed by atoms with van der Waals surface area (Å²) in [5.74, 6) is 0.577. The Kier molecular flexibility index (Phi) is 6.50. The highest BCUT2D eigenvalue weighted by atomic mass is 31.2. The van der Waals surface area contributed by atoms with Gasteiger partial charge in [0.1, 0.15) is 6.07 Å². The second kappa shape index (κ2) is 7.95. The van der Waals surface area contributed by atoms with Gasteiger partial charge in [0.05, 0.1) is 18.9 Å². The summed E-state index contributed by atoms with van der Waals surface area (Å²) in [5, 5.41) is 10.3. The highest BCUT2D eigenvalue weighted by Gasteiger charge is 2.63. The van der Waals surface area contributed by atoms with Gasteiger partial charge < -0.3 is 18.7 Å². The molecule has 0 saturated heterocycles. The molecule has 1 heterocycles. The van der Waals surface area contributed by atoms with E-state index >= 15 is 0 Å². The average molecular weight is 423 g/mol. The van der Waals surface area contributed by atoms with Crippen LogP contribution in [-0.2, 0) is 24.4 Å². The first-order valence-electron chi connectivity index (χ1n) is 10.3.